The Morgan fingerprint density at radius 3 is 2.38 bits per heavy atom. The Bertz CT molecular complexity index is 1080. The minimum atomic E-state index is -3.48. The van der Waals surface area contributed by atoms with Gasteiger partial charge in [0.2, 0.25) is 10.0 Å². The monoisotopic (exact) mass is 414 g/mol. The van der Waals surface area contributed by atoms with E-state index in [0.717, 1.165) is 30.0 Å². The van der Waals surface area contributed by atoms with Crippen molar-refractivity contribution >= 4 is 26.7 Å². The molecule has 0 spiro atoms. The number of rotatable bonds is 8. The second-order valence-electron chi connectivity index (χ2n) is 7.75. The number of nitrogens with one attached hydrogen (secondary N) is 1. The maximum atomic E-state index is 12.5. The fourth-order valence-electron chi connectivity index (χ4n) is 3.31. The second kappa shape index (κ2) is 8.55. The van der Waals surface area contributed by atoms with Gasteiger partial charge in [-0.3, -0.25) is 0 Å². The summed E-state index contributed by atoms with van der Waals surface area (Å²) < 4.78 is 28.3. The molecule has 0 unspecified atom stereocenters. The molecule has 3 aromatic rings. The number of anilines is 1. The Morgan fingerprint density at radius 2 is 1.79 bits per heavy atom. The largest absolute Gasteiger partial charge is 0.378 e. The molecule has 1 heterocycles. The molecule has 29 heavy (non-hydrogen) atoms. The minimum absolute atomic E-state index is 0.264. The van der Waals surface area contributed by atoms with E-state index in [4.69, 9.17) is 4.98 Å². The maximum absolute atomic E-state index is 12.5. The molecule has 2 aromatic carbocycles. The molecule has 0 aliphatic carbocycles. The Morgan fingerprint density at radius 1 is 1.10 bits per heavy atom. The fraction of sp³-hybridized carbons (Fsp3) is 0.409. The molecule has 0 aliphatic rings. The summed E-state index contributed by atoms with van der Waals surface area (Å²) in [5, 5.41) is 3.44. The van der Waals surface area contributed by atoms with Crippen molar-refractivity contribution in [1.82, 2.24) is 13.9 Å². The number of aromatic nitrogens is 2. The molecular weight excluding hydrogens is 384 g/mol. The fourth-order valence-corrected chi connectivity index (χ4v) is 4.23. The van der Waals surface area contributed by atoms with Crippen molar-refractivity contribution in [3.63, 3.8) is 0 Å². The molecule has 0 fully saturated rings. The number of hydrogen-bond acceptors (Lipinski definition) is 4. The summed E-state index contributed by atoms with van der Waals surface area (Å²) in [7, 11) is -0.409. The van der Waals surface area contributed by atoms with E-state index in [9.17, 15) is 8.42 Å². The van der Waals surface area contributed by atoms with E-state index >= 15 is 0 Å². The molecule has 0 aliphatic heterocycles. The van der Waals surface area contributed by atoms with Crippen LogP contribution in [0.3, 0.4) is 0 Å². The van der Waals surface area contributed by atoms with E-state index in [0.29, 0.717) is 18.0 Å². The van der Waals surface area contributed by atoms with Crippen LogP contribution in [0.4, 0.5) is 5.69 Å². The molecule has 1 N–H and O–H groups in total. The predicted molar refractivity (Wildman–Crippen MR) is 119 cm³/mol. The maximum Gasteiger partial charge on any atom is 0.242 e. The molecule has 0 saturated carbocycles. The molecule has 3 rings (SSSR count). The third-order valence-corrected chi connectivity index (χ3v) is 6.86. The van der Waals surface area contributed by atoms with E-state index in [1.54, 1.807) is 12.1 Å². The SMILES string of the molecule is CCCn1c(CNc2ccc(C(C)C)cc2)nc2cc(S(=O)(=O)N(C)C)ccc21. The average Bonchev–Trinajstić information content (AvgIpc) is 3.03. The van der Waals surface area contributed by atoms with Gasteiger partial charge in [0, 0.05) is 26.3 Å². The second-order valence-corrected chi connectivity index (χ2v) is 9.90. The third-order valence-electron chi connectivity index (χ3n) is 5.05. The molecule has 0 radical (unpaired) electrons. The first-order valence-corrected chi connectivity index (χ1v) is 11.4. The van der Waals surface area contributed by atoms with Gasteiger partial charge >= 0.3 is 0 Å². The quantitative estimate of drug-likeness (QED) is 0.592. The van der Waals surface area contributed by atoms with Gasteiger partial charge in [0.15, 0.2) is 0 Å². The first-order chi connectivity index (χ1) is 13.7. The van der Waals surface area contributed by atoms with Crippen LogP contribution in [-0.4, -0.2) is 36.4 Å². The predicted octanol–water partition coefficient (Wildman–Crippen LogP) is 4.43. The van der Waals surface area contributed by atoms with E-state index < -0.39 is 10.0 Å². The van der Waals surface area contributed by atoms with Gasteiger partial charge in [0.05, 0.1) is 22.5 Å². The van der Waals surface area contributed by atoms with Crippen molar-refractivity contribution in [2.24, 2.45) is 0 Å². The number of imidazole rings is 1. The molecule has 0 atom stereocenters. The Balaban J connectivity index is 1.91. The zero-order valence-electron chi connectivity index (χ0n) is 17.8. The normalized spacial score (nSPS) is 12.2. The number of fused-ring (bicyclic) bond motifs is 1. The van der Waals surface area contributed by atoms with Gasteiger partial charge < -0.3 is 9.88 Å². The average molecular weight is 415 g/mol. The van der Waals surface area contributed by atoms with Crippen LogP contribution >= 0.6 is 0 Å². The zero-order valence-corrected chi connectivity index (χ0v) is 18.6. The highest BCUT2D eigenvalue weighted by atomic mass is 32.2. The molecule has 156 valence electrons. The summed E-state index contributed by atoms with van der Waals surface area (Å²) in [5.41, 5.74) is 4.01. The molecule has 1 aromatic heterocycles. The van der Waals surface area contributed by atoms with E-state index in [1.165, 1.54) is 24.0 Å². The van der Waals surface area contributed by atoms with Gasteiger partial charge in [-0.2, -0.15) is 0 Å². The first-order valence-electron chi connectivity index (χ1n) is 9.99. The standard InChI is InChI=1S/C22H30N4O2S/c1-6-13-26-21-12-11-19(29(27,28)25(4)5)14-20(21)24-22(26)15-23-18-9-7-17(8-10-18)16(2)3/h7-12,14,16,23H,6,13,15H2,1-5H3. The number of benzene rings is 2. The van der Waals surface area contributed by atoms with Crippen molar-refractivity contribution in [3.05, 3.63) is 53.9 Å². The number of sulfonamides is 1. The Labute approximate surface area is 173 Å². The van der Waals surface area contributed by atoms with E-state index in [-0.39, 0.29) is 4.90 Å². The molecular formula is C22H30N4O2S. The van der Waals surface area contributed by atoms with Crippen LogP contribution in [0, 0.1) is 0 Å². The highest BCUT2D eigenvalue weighted by Gasteiger charge is 2.19. The smallest absolute Gasteiger partial charge is 0.242 e. The lowest BCUT2D eigenvalue weighted by Gasteiger charge is -2.12. The van der Waals surface area contributed by atoms with Crippen molar-refractivity contribution in [2.75, 3.05) is 19.4 Å². The lowest BCUT2D eigenvalue weighted by molar-refractivity contribution is 0.521. The molecule has 6 nitrogen and oxygen atoms in total. The Hall–Kier alpha value is -2.38. The van der Waals surface area contributed by atoms with Crippen LogP contribution in [0.1, 0.15) is 44.5 Å². The molecule has 0 amide bonds. The van der Waals surface area contributed by atoms with Gasteiger partial charge in [-0.15, -0.1) is 0 Å². The third kappa shape index (κ3) is 4.46. The number of aryl methyl sites for hydroxylation is 1. The van der Waals surface area contributed by atoms with Crippen molar-refractivity contribution in [2.45, 2.75) is 51.1 Å². The summed E-state index contributed by atoms with van der Waals surface area (Å²) in [6.45, 7) is 7.89. The van der Waals surface area contributed by atoms with Crippen LogP contribution in [0.5, 0.6) is 0 Å². The van der Waals surface area contributed by atoms with E-state index in [1.807, 2.05) is 6.07 Å². The highest BCUT2D eigenvalue weighted by Crippen LogP contribution is 2.23. The van der Waals surface area contributed by atoms with Gasteiger partial charge in [-0.25, -0.2) is 17.7 Å². The highest BCUT2D eigenvalue weighted by molar-refractivity contribution is 7.89. The van der Waals surface area contributed by atoms with Crippen LogP contribution in [-0.2, 0) is 23.1 Å². The first kappa shape index (κ1) is 21.3. The van der Waals surface area contributed by atoms with Crippen molar-refractivity contribution in [3.8, 4) is 0 Å². The van der Waals surface area contributed by atoms with E-state index in [2.05, 4.69) is 54.9 Å². The van der Waals surface area contributed by atoms with Gasteiger partial charge in [-0.05, 0) is 48.2 Å². The van der Waals surface area contributed by atoms with Crippen LogP contribution in [0.15, 0.2) is 47.4 Å². The van der Waals surface area contributed by atoms with Crippen LogP contribution < -0.4 is 5.32 Å². The lowest BCUT2D eigenvalue weighted by Crippen LogP contribution is -2.22. The van der Waals surface area contributed by atoms with Gasteiger partial charge in [0.25, 0.3) is 0 Å². The lowest BCUT2D eigenvalue weighted by atomic mass is 10.0. The van der Waals surface area contributed by atoms with Crippen molar-refractivity contribution < 1.29 is 8.42 Å². The van der Waals surface area contributed by atoms with Gasteiger partial charge in [0.1, 0.15) is 5.82 Å². The van der Waals surface area contributed by atoms with Crippen LogP contribution in [0.25, 0.3) is 11.0 Å². The summed E-state index contributed by atoms with van der Waals surface area (Å²) in [6, 6.07) is 13.6. The number of hydrogen-bond donors (Lipinski definition) is 1. The minimum Gasteiger partial charge on any atom is -0.378 e. The molecule has 7 heteroatoms. The van der Waals surface area contributed by atoms with Crippen molar-refractivity contribution in [1.29, 1.82) is 0 Å². The summed E-state index contributed by atoms with van der Waals surface area (Å²) in [6.07, 6.45) is 0.972. The van der Waals surface area contributed by atoms with Crippen LogP contribution in [0.2, 0.25) is 0 Å². The molecule has 0 bridgehead atoms. The summed E-state index contributed by atoms with van der Waals surface area (Å²) >= 11 is 0. The number of nitrogens with zero attached hydrogens (tertiary/aromatic N) is 3. The topological polar surface area (TPSA) is 67.2 Å². The Kier molecular flexibility index (Phi) is 6.29. The summed E-state index contributed by atoms with van der Waals surface area (Å²) in [5.74, 6) is 1.40. The molecule has 0 saturated heterocycles. The summed E-state index contributed by atoms with van der Waals surface area (Å²) in [4.78, 5) is 5.01. The van der Waals surface area contributed by atoms with Gasteiger partial charge in [-0.1, -0.05) is 32.9 Å². The zero-order chi connectivity index (χ0) is 21.2.